The van der Waals surface area contributed by atoms with Crippen LogP contribution in [0.4, 0.5) is 5.95 Å². The first-order valence-electron chi connectivity index (χ1n) is 5.23. The first-order valence-corrected chi connectivity index (χ1v) is 4.73. The SMILES string of the molecule is [2H][C@@]1(O)[C@H](O)[C@@H](CO)O[C@H]1n1ccnc1[N+](=O)[O-]. The van der Waals surface area contributed by atoms with Crippen molar-refractivity contribution in [2.45, 2.75) is 24.5 Å². The predicted molar refractivity (Wildman–Crippen MR) is 51.9 cm³/mol. The van der Waals surface area contributed by atoms with Crippen LogP contribution in [0.5, 0.6) is 0 Å². The molecule has 1 fully saturated rings. The summed E-state index contributed by atoms with van der Waals surface area (Å²) in [5.74, 6) is -0.628. The highest BCUT2D eigenvalue weighted by Gasteiger charge is 2.46. The lowest BCUT2D eigenvalue weighted by Gasteiger charge is -2.13. The van der Waals surface area contributed by atoms with Gasteiger partial charge in [0.05, 0.1) is 7.98 Å². The summed E-state index contributed by atoms with van der Waals surface area (Å²) >= 11 is 0. The molecule has 0 unspecified atom stereocenters. The summed E-state index contributed by atoms with van der Waals surface area (Å²) in [4.78, 5) is 13.3. The van der Waals surface area contributed by atoms with Crippen molar-refractivity contribution in [3.8, 4) is 0 Å². The van der Waals surface area contributed by atoms with Crippen LogP contribution in [0.2, 0.25) is 0 Å². The van der Waals surface area contributed by atoms with Gasteiger partial charge in [-0.3, -0.25) is 0 Å². The Morgan fingerprint density at radius 3 is 2.94 bits per heavy atom. The van der Waals surface area contributed by atoms with E-state index in [1.165, 1.54) is 0 Å². The molecular weight excluding hydrogens is 234 g/mol. The van der Waals surface area contributed by atoms with Crippen molar-refractivity contribution in [1.29, 1.82) is 0 Å². The zero-order valence-electron chi connectivity index (χ0n) is 9.50. The summed E-state index contributed by atoms with van der Waals surface area (Å²) < 4.78 is 13.5. The van der Waals surface area contributed by atoms with E-state index in [0.29, 0.717) is 0 Å². The highest BCUT2D eigenvalue weighted by molar-refractivity contribution is 5.09. The van der Waals surface area contributed by atoms with E-state index in [2.05, 4.69) is 4.98 Å². The molecule has 1 aliphatic heterocycles. The predicted octanol–water partition coefficient (Wildman–Crippen LogP) is -1.60. The molecule has 1 aromatic rings. The van der Waals surface area contributed by atoms with Gasteiger partial charge in [-0.05, 0) is 4.92 Å². The Bertz CT molecular complexity index is 463. The molecule has 0 amide bonds. The van der Waals surface area contributed by atoms with E-state index in [1.54, 1.807) is 0 Å². The van der Waals surface area contributed by atoms with Crippen LogP contribution in [0.25, 0.3) is 0 Å². The molecule has 0 radical (unpaired) electrons. The fourth-order valence-electron chi connectivity index (χ4n) is 1.63. The number of hydrogen-bond donors (Lipinski definition) is 3. The van der Waals surface area contributed by atoms with Crippen LogP contribution in [0.3, 0.4) is 0 Å². The maximum absolute atomic E-state index is 10.7. The third-order valence-corrected chi connectivity index (χ3v) is 2.46. The zero-order chi connectivity index (χ0) is 13.5. The molecule has 1 aliphatic rings. The normalized spacial score (nSPS) is 38.1. The average Bonchev–Trinajstić information content (AvgIpc) is 2.84. The third-order valence-electron chi connectivity index (χ3n) is 2.46. The number of aliphatic hydroxyl groups excluding tert-OH is 2. The minimum absolute atomic E-state index is 0.624. The Labute approximate surface area is 96.4 Å². The van der Waals surface area contributed by atoms with E-state index in [-0.39, 0.29) is 0 Å². The second-order valence-corrected chi connectivity index (χ2v) is 3.47. The lowest BCUT2D eigenvalue weighted by molar-refractivity contribution is -0.398. The summed E-state index contributed by atoms with van der Waals surface area (Å²) in [6.07, 6.45) is -4.66. The van der Waals surface area contributed by atoms with Crippen molar-refractivity contribution in [3.05, 3.63) is 22.5 Å². The van der Waals surface area contributed by atoms with Crippen LogP contribution in [0.1, 0.15) is 7.60 Å². The molecule has 17 heavy (non-hydrogen) atoms. The molecule has 0 bridgehead atoms. The number of rotatable bonds is 3. The van der Waals surface area contributed by atoms with Crippen LogP contribution in [0, 0.1) is 10.1 Å². The van der Waals surface area contributed by atoms with Gasteiger partial charge >= 0.3 is 5.95 Å². The molecule has 0 aromatic carbocycles. The van der Waals surface area contributed by atoms with Gasteiger partial charge in [-0.2, -0.15) is 4.57 Å². The molecule has 2 heterocycles. The zero-order valence-corrected chi connectivity index (χ0v) is 8.50. The molecule has 3 N–H and O–H groups in total. The van der Waals surface area contributed by atoms with Gasteiger partial charge in [0.1, 0.15) is 30.7 Å². The number of aromatic nitrogens is 2. The summed E-state index contributed by atoms with van der Waals surface area (Å²) in [5, 5.41) is 39.0. The summed E-state index contributed by atoms with van der Waals surface area (Å²) in [5.41, 5.74) is 0. The number of nitro groups is 1. The molecule has 94 valence electrons. The molecule has 4 atom stereocenters. The van der Waals surface area contributed by atoms with Crippen molar-refractivity contribution in [2.75, 3.05) is 6.61 Å². The van der Waals surface area contributed by atoms with Crippen LogP contribution >= 0.6 is 0 Å². The molecular formula is C8H11N3O6. The van der Waals surface area contributed by atoms with Crippen molar-refractivity contribution < 1.29 is 26.4 Å². The molecule has 1 aromatic heterocycles. The Hall–Kier alpha value is -1.55. The lowest BCUT2D eigenvalue weighted by Crippen LogP contribution is -2.33. The van der Waals surface area contributed by atoms with Gasteiger partial charge in [0.2, 0.25) is 6.23 Å². The summed E-state index contributed by atoms with van der Waals surface area (Å²) in [7, 11) is 0. The molecule has 0 saturated carbocycles. The van der Waals surface area contributed by atoms with Crippen LogP contribution in [0.15, 0.2) is 12.4 Å². The standard InChI is InChI=1S/C8H11N3O6/c12-3-4-5(13)6(14)7(17-4)10-2-1-9-8(10)11(15)16/h1-2,4-7,12-14H,3H2/t4-,5-,6-,7-/m1/s1/i6D. The molecule has 9 nitrogen and oxygen atoms in total. The van der Waals surface area contributed by atoms with Crippen molar-refractivity contribution in [1.82, 2.24) is 9.55 Å². The number of hydrogen-bond acceptors (Lipinski definition) is 7. The largest absolute Gasteiger partial charge is 0.436 e. The van der Waals surface area contributed by atoms with Gasteiger partial charge in [-0.15, -0.1) is 0 Å². The highest BCUT2D eigenvalue weighted by Crippen LogP contribution is 2.31. The average molecular weight is 246 g/mol. The fraction of sp³-hybridized carbons (Fsp3) is 0.625. The smallest absolute Gasteiger partial charge is 0.394 e. The lowest BCUT2D eigenvalue weighted by atomic mass is 10.1. The Morgan fingerprint density at radius 2 is 2.41 bits per heavy atom. The van der Waals surface area contributed by atoms with Crippen LogP contribution in [-0.4, -0.2) is 54.7 Å². The quantitative estimate of drug-likeness (QED) is 0.432. The van der Waals surface area contributed by atoms with Crippen LogP contribution < -0.4 is 0 Å². The van der Waals surface area contributed by atoms with Gasteiger partial charge < -0.3 is 30.2 Å². The van der Waals surface area contributed by atoms with Gasteiger partial charge in [0.15, 0.2) is 0 Å². The number of ether oxygens (including phenoxy) is 1. The highest BCUT2D eigenvalue weighted by atomic mass is 16.6. The monoisotopic (exact) mass is 246 g/mol. The molecule has 1 saturated heterocycles. The van der Waals surface area contributed by atoms with Gasteiger partial charge in [-0.25, -0.2) is 0 Å². The molecule has 2 rings (SSSR count). The van der Waals surface area contributed by atoms with E-state index in [4.69, 9.17) is 11.2 Å². The van der Waals surface area contributed by atoms with Crippen molar-refractivity contribution in [2.24, 2.45) is 0 Å². The Balaban J connectivity index is 2.39. The van der Waals surface area contributed by atoms with E-state index in [9.17, 15) is 20.3 Å². The van der Waals surface area contributed by atoms with Crippen LogP contribution in [-0.2, 0) is 4.74 Å². The van der Waals surface area contributed by atoms with Crippen molar-refractivity contribution >= 4 is 5.95 Å². The van der Waals surface area contributed by atoms with Gasteiger partial charge in [-0.1, -0.05) is 4.98 Å². The van der Waals surface area contributed by atoms with Crippen molar-refractivity contribution in [3.63, 3.8) is 0 Å². The summed E-state index contributed by atoms with van der Waals surface area (Å²) in [6.45, 7) is -0.624. The Kier molecular flexibility index (Phi) is 2.73. The third kappa shape index (κ3) is 1.89. The minimum atomic E-state index is -2.52. The first kappa shape index (κ1) is 10.6. The van der Waals surface area contributed by atoms with E-state index in [1.807, 2.05) is 0 Å². The van der Waals surface area contributed by atoms with Gasteiger partial charge in [0, 0.05) is 0 Å². The van der Waals surface area contributed by atoms with E-state index in [0.717, 1.165) is 17.0 Å². The second kappa shape index (κ2) is 4.37. The Morgan fingerprint density at radius 1 is 1.71 bits per heavy atom. The maximum atomic E-state index is 10.7. The van der Waals surface area contributed by atoms with E-state index < -0.39 is 42.0 Å². The fourth-order valence-corrected chi connectivity index (χ4v) is 1.63. The number of imidazole rings is 1. The molecule has 0 aliphatic carbocycles. The molecule has 9 heteroatoms. The van der Waals surface area contributed by atoms with E-state index >= 15 is 0 Å². The second-order valence-electron chi connectivity index (χ2n) is 3.47. The maximum Gasteiger partial charge on any atom is 0.436 e. The topological polar surface area (TPSA) is 131 Å². The first-order chi connectivity index (χ1) is 8.39. The summed E-state index contributed by atoms with van der Waals surface area (Å²) in [6, 6.07) is 0. The number of aliphatic hydroxyl groups is 3. The van der Waals surface area contributed by atoms with Gasteiger partial charge in [0.25, 0.3) is 0 Å². The number of nitrogens with zero attached hydrogens (tertiary/aromatic N) is 3. The minimum Gasteiger partial charge on any atom is -0.394 e. The molecule has 0 spiro atoms.